The summed E-state index contributed by atoms with van der Waals surface area (Å²) in [5.74, 6) is -3.71. The number of benzene rings is 1. The van der Waals surface area contributed by atoms with Crippen molar-refractivity contribution in [3.63, 3.8) is 0 Å². The molecule has 0 unspecified atom stereocenters. The normalized spacial score (nSPS) is 11.1. The molecule has 7 heteroatoms. The van der Waals surface area contributed by atoms with Crippen LogP contribution in [0.4, 0.5) is 10.1 Å². The van der Waals surface area contributed by atoms with Crippen LogP contribution in [0.15, 0.2) is 24.3 Å². The molecule has 1 amide bonds. The zero-order valence-electron chi connectivity index (χ0n) is 9.88. The van der Waals surface area contributed by atoms with Crippen molar-refractivity contribution in [1.82, 2.24) is 0 Å². The molecular formula is C11H12FNO4S. The van der Waals surface area contributed by atoms with Crippen molar-refractivity contribution in [1.29, 1.82) is 0 Å². The number of hydrogen-bond acceptors (Lipinski definition) is 4. The number of amides is 1. The number of rotatable bonds is 4. The minimum atomic E-state index is -3.58. The van der Waals surface area contributed by atoms with Crippen molar-refractivity contribution >= 4 is 27.2 Å². The fraction of sp³-hybridized carbons (Fsp3) is 0.273. The topological polar surface area (TPSA) is 71.5 Å². The Bertz CT molecular complexity index is 582. The van der Waals surface area contributed by atoms with Crippen molar-refractivity contribution in [2.45, 2.75) is 0 Å². The van der Waals surface area contributed by atoms with Crippen LogP contribution in [0.25, 0.3) is 0 Å². The smallest absolute Gasteiger partial charge is 0.295 e. The van der Waals surface area contributed by atoms with Gasteiger partial charge in [-0.1, -0.05) is 12.1 Å². The zero-order valence-corrected chi connectivity index (χ0v) is 10.7. The van der Waals surface area contributed by atoms with Gasteiger partial charge in [0.15, 0.2) is 9.84 Å². The maximum Gasteiger partial charge on any atom is 0.295 e. The SMILES string of the molecule is CN(C(=O)C(=O)CS(C)(=O)=O)c1ccccc1F. The molecule has 1 aromatic rings. The van der Waals surface area contributed by atoms with Gasteiger partial charge in [-0.2, -0.15) is 0 Å². The van der Waals surface area contributed by atoms with E-state index in [1.165, 1.54) is 25.2 Å². The Morgan fingerprint density at radius 3 is 2.33 bits per heavy atom. The molecule has 18 heavy (non-hydrogen) atoms. The lowest BCUT2D eigenvalue weighted by atomic mass is 10.2. The average Bonchev–Trinajstić information content (AvgIpc) is 2.25. The average molecular weight is 273 g/mol. The van der Waals surface area contributed by atoms with Crippen LogP contribution < -0.4 is 4.90 Å². The van der Waals surface area contributed by atoms with Gasteiger partial charge < -0.3 is 4.90 Å². The van der Waals surface area contributed by atoms with E-state index in [0.717, 1.165) is 17.2 Å². The van der Waals surface area contributed by atoms with Gasteiger partial charge in [-0.25, -0.2) is 12.8 Å². The van der Waals surface area contributed by atoms with E-state index in [9.17, 15) is 22.4 Å². The van der Waals surface area contributed by atoms with Crippen molar-refractivity contribution in [3.8, 4) is 0 Å². The highest BCUT2D eigenvalue weighted by atomic mass is 32.2. The summed E-state index contributed by atoms with van der Waals surface area (Å²) in [5.41, 5.74) is -0.0793. The third-order valence-corrected chi connectivity index (χ3v) is 2.94. The van der Waals surface area contributed by atoms with E-state index in [1.54, 1.807) is 0 Å². The molecule has 0 saturated heterocycles. The molecule has 98 valence electrons. The number of Topliss-reactive ketones (excluding diaryl/α,β-unsaturated/α-hetero) is 1. The standard InChI is InChI=1S/C11H12FNO4S/c1-13(9-6-4-3-5-8(9)12)11(15)10(14)7-18(2,16)17/h3-6H,7H2,1-2H3. The molecule has 0 bridgehead atoms. The van der Waals surface area contributed by atoms with E-state index >= 15 is 0 Å². The van der Waals surface area contributed by atoms with Crippen LogP contribution in [0.1, 0.15) is 0 Å². The Hall–Kier alpha value is -1.76. The van der Waals surface area contributed by atoms with Crippen LogP contribution in [0.5, 0.6) is 0 Å². The van der Waals surface area contributed by atoms with Crippen LogP contribution in [-0.4, -0.2) is 39.2 Å². The lowest BCUT2D eigenvalue weighted by molar-refractivity contribution is -0.134. The quantitative estimate of drug-likeness (QED) is 0.745. The molecule has 0 aliphatic heterocycles. The van der Waals surface area contributed by atoms with E-state index in [1.807, 2.05) is 0 Å². The van der Waals surface area contributed by atoms with E-state index in [2.05, 4.69) is 0 Å². The van der Waals surface area contributed by atoms with Crippen LogP contribution in [0.2, 0.25) is 0 Å². The van der Waals surface area contributed by atoms with Crippen molar-refractivity contribution in [3.05, 3.63) is 30.1 Å². The highest BCUT2D eigenvalue weighted by Gasteiger charge is 2.24. The van der Waals surface area contributed by atoms with Gasteiger partial charge in [-0.05, 0) is 12.1 Å². The maximum atomic E-state index is 13.4. The molecule has 1 rings (SSSR count). The summed E-state index contributed by atoms with van der Waals surface area (Å²) >= 11 is 0. The van der Waals surface area contributed by atoms with Crippen LogP contribution in [0.3, 0.4) is 0 Å². The molecule has 0 spiro atoms. The molecule has 0 aromatic heterocycles. The summed E-state index contributed by atoms with van der Waals surface area (Å²) in [6.45, 7) is 0. The van der Waals surface area contributed by atoms with Gasteiger partial charge in [0, 0.05) is 13.3 Å². The monoisotopic (exact) mass is 273 g/mol. The Morgan fingerprint density at radius 2 is 1.83 bits per heavy atom. The number of para-hydroxylation sites is 1. The molecule has 0 atom stereocenters. The molecule has 0 heterocycles. The van der Waals surface area contributed by atoms with E-state index in [0.29, 0.717) is 0 Å². The van der Waals surface area contributed by atoms with Gasteiger partial charge in [0.05, 0.1) is 5.69 Å². The Kier molecular flexibility index (Phi) is 4.18. The third kappa shape index (κ3) is 3.63. The predicted molar refractivity (Wildman–Crippen MR) is 64.5 cm³/mol. The molecule has 1 aromatic carbocycles. The number of sulfone groups is 1. The second kappa shape index (κ2) is 5.26. The number of nitrogens with zero attached hydrogens (tertiary/aromatic N) is 1. The van der Waals surface area contributed by atoms with Crippen molar-refractivity contribution < 1.29 is 22.4 Å². The van der Waals surface area contributed by atoms with Crippen molar-refractivity contribution in [2.75, 3.05) is 24.0 Å². The van der Waals surface area contributed by atoms with Crippen LogP contribution >= 0.6 is 0 Å². The van der Waals surface area contributed by atoms with E-state index in [4.69, 9.17) is 0 Å². The summed E-state index contributed by atoms with van der Waals surface area (Å²) < 4.78 is 35.2. The second-order valence-electron chi connectivity index (χ2n) is 3.81. The minimum Gasteiger partial charge on any atom is -0.306 e. The molecule has 0 fully saturated rings. The van der Waals surface area contributed by atoms with Gasteiger partial charge in [-0.15, -0.1) is 0 Å². The van der Waals surface area contributed by atoms with Gasteiger partial charge >= 0.3 is 0 Å². The Balaban J connectivity index is 2.92. The lowest BCUT2D eigenvalue weighted by Gasteiger charge is -2.16. The molecular weight excluding hydrogens is 261 g/mol. The highest BCUT2D eigenvalue weighted by Crippen LogP contribution is 2.17. The van der Waals surface area contributed by atoms with Crippen LogP contribution in [-0.2, 0) is 19.4 Å². The summed E-state index contributed by atoms with van der Waals surface area (Å²) in [4.78, 5) is 23.8. The number of ketones is 1. The number of anilines is 1. The molecule has 0 aliphatic carbocycles. The van der Waals surface area contributed by atoms with E-state index < -0.39 is 33.1 Å². The number of likely N-dealkylation sites (N-methyl/N-ethyl adjacent to an activating group) is 1. The first-order chi connectivity index (χ1) is 8.22. The van der Waals surface area contributed by atoms with Crippen molar-refractivity contribution in [2.24, 2.45) is 0 Å². The summed E-state index contributed by atoms with van der Waals surface area (Å²) in [6.07, 6.45) is 0.848. The Labute approximate surface area is 104 Å². The van der Waals surface area contributed by atoms with Gasteiger partial charge in [0.2, 0.25) is 5.78 Å². The zero-order chi connectivity index (χ0) is 13.9. The van der Waals surface area contributed by atoms with E-state index in [-0.39, 0.29) is 5.69 Å². The fourth-order valence-corrected chi connectivity index (χ4v) is 1.92. The third-order valence-electron chi connectivity index (χ3n) is 2.15. The molecule has 5 nitrogen and oxygen atoms in total. The first-order valence-electron chi connectivity index (χ1n) is 4.95. The molecule has 0 aliphatic rings. The number of hydrogen-bond donors (Lipinski definition) is 0. The number of carbonyl (C=O) groups is 2. The van der Waals surface area contributed by atoms with Crippen LogP contribution in [0, 0.1) is 5.82 Å². The second-order valence-corrected chi connectivity index (χ2v) is 5.95. The summed E-state index contributed by atoms with van der Waals surface area (Å²) in [5, 5.41) is 0. The minimum absolute atomic E-state index is 0.0793. The first kappa shape index (κ1) is 14.3. The summed E-state index contributed by atoms with van der Waals surface area (Å²) in [7, 11) is -2.38. The summed E-state index contributed by atoms with van der Waals surface area (Å²) in [6, 6.07) is 5.40. The molecule has 0 radical (unpaired) electrons. The fourth-order valence-electron chi connectivity index (χ4n) is 1.32. The lowest BCUT2D eigenvalue weighted by Crippen LogP contribution is -2.37. The van der Waals surface area contributed by atoms with Gasteiger partial charge in [0.25, 0.3) is 5.91 Å². The van der Waals surface area contributed by atoms with Gasteiger partial charge in [-0.3, -0.25) is 9.59 Å². The number of halogens is 1. The first-order valence-corrected chi connectivity index (χ1v) is 7.01. The maximum absolute atomic E-state index is 13.4. The Morgan fingerprint density at radius 1 is 1.28 bits per heavy atom. The van der Waals surface area contributed by atoms with Gasteiger partial charge in [0.1, 0.15) is 11.6 Å². The number of carbonyl (C=O) groups excluding carboxylic acids is 2. The molecule has 0 N–H and O–H groups in total. The largest absolute Gasteiger partial charge is 0.306 e. The predicted octanol–water partition coefficient (Wildman–Crippen LogP) is 0.402. The highest BCUT2D eigenvalue weighted by molar-refractivity contribution is 7.91. The molecule has 0 saturated carbocycles.